The van der Waals surface area contributed by atoms with Crippen molar-refractivity contribution in [3.8, 4) is 0 Å². The maximum absolute atomic E-state index is 11.3. The van der Waals surface area contributed by atoms with E-state index in [1.807, 2.05) is 13.0 Å². The molecule has 78 valence electrons. The molecule has 1 N–H and O–H groups in total. The Morgan fingerprint density at radius 3 is 2.20 bits per heavy atom. The number of carbonyl (C=O) groups is 1. The first kappa shape index (κ1) is 11.2. The number of aliphatic hydroxyl groups is 1. The molecule has 0 saturated carbocycles. The molecule has 0 bridgehead atoms. The van der Waals surface area contributed by atoms with Gasteiger partial charge in [0.05, 0.1) is 0 Å². The van der Waals surface area contributed by atoms with Crippen LogP contribution in [0, 0.1) is 0 Å². The first-order valence-corrected chi connectivity index (χ1v) is 4.62. The van der Waals surface area contributed by atoms with Gasteiger partial charge in [0.15, 0.2) is 5.78 Å². The number of aliphatic hydroxyl groups excluding tert-OH is 1. The largest absolute Gasteiger partial charge is 0.508 e. The normalized spacial score (nSPS) is 9.73. The minimum atomic E-state index is -0.0942. The standard InChI is InChI=1S/C13H14O2/c1-8(2)11-5-6-12(9(3)14)13(7-11)10(4)15/h5-7,15H,1,4H2,2-3H3. The third-order valence-electron chi connectivity index (χ3n) is 2.20. The second-order valence-corrected chi connectivity index (χ2v) is 3.54. The highest BCUT2D eigenvalue weighted by atomic mass is 16.3. The average Bonchev–Trinajstić information content (AvgIpc) is 2.16. The van der Waals surface area contributed by atoms with Gasteiger partial charge in [-0.05, 0) is 25.5 Å². The van der Waals surface area contributed by atoms with Gasteiger partial charge in [-0.1, -0.05) is 30.9 Å². The van der Waals surface area contributed by atoms with E-state index in [9.17, 15) is 9.90 Å². The second kappa shape index (κ2) is 4.13. The Morgan fingerprint density at radius 2 is 1.80 bits per heavy atom. The summed E-state index contributed by atoms with van der Waals surface area (Å²) in [7, 11) is 0. The molecule has 0 unspecified atom stereocenters. The molecule has 1 rings (SSSR count). The van der Waals surface area contributed by atoms with E-state index in [0.717, 1.165) is 11.1 Å². The van der Waals surface area contributed by atoms with Crippen LogP contribution >= 0.6 is 0 Å². The molecule has 0 amide bonds. The number of carbonyl (C=O) groups excluding carboxylic acids is 1. The maximum Gasteiger partial charge on any atom is 0.160 e. The third kappa shape index (κ3) is 2.34. The minimum absolute atomic E-state index is 0.0894. The Labute approximate surface area is 89.6 Å². The maximum atomic E-state index is 11.3. The molecular formula is C13H14O2. The molecule has 0 aliphatic heterocycles. The second-order valence-electron chi connectivity index (χ2n) is 3.54. The van der Waals surface area contributed by atoms with E-state index in [1.54, 1.807) is 12.1 Å². The van der Waals surface area contributed by atoms with Crippen LogP contribution in [0.2, 0.25) is 0 Å². The van der Waals surface area contributed by atoms with Gasteiger partial charge in [0, 0.05) is 11.1 Å². The van der Waals surface area contributed by atoms with Crippen LogP contribution in [0.5, 0.6) is 0 Å². The molecule has 0 atom stereocenters. The number of rotatable bonds is 3. The van der Waals surface area contributed by atoms with Crippen molar-refractivity contribution >= 4 is 17.1 Å². The van der Waals surface area contributed by atoms with Gasteiger partial charge in [0.2, 0.25) is 0 Å². The lowest BCUT2D eigenvalue weighted by atomic mass is 9.98. The van der Waals surface area contributed by atoms with Crippen LogP contribution in [0.25, 0.3) is 11.3 Å². The van der Waals surface area contributed by atoms with E-state index in [-0.39, 0.29) is 11.5 Å². The number of benzene rings is 1. The third-order valence-corrected chi connectivity index (χ3v) is 2.20. The van der Waals surface area contributed by atoms with Crippen LogP contribution in [0.15, 0.2) is 31.4 Å². The van der Waals surface area contributed by atoms with E-state index in [1.165, 1.54) is 6.92 Å². The monoisotopic (exact) mass is 202 g/mol. The van der Waals surface area contributed by atoms with Crippen molar-refractivity contribution in [2.45, 2.75) is 13.8 Å². The van der Waals surface area contributed by atoms with Crippen molar-refractivity contribution in [2.24, 2.45) is 0 Å². The van der Waals surface area contributed by atoms with Crippen LogP contribution in [0.4, 0.5) is 0 Å². The summed E-state index contributed by atoms with van der Waals surface area (Å²) in [5.41, 5.74) is 2.73. The fourth-order valence-corrected chi connectivity index (χ4v) is 1.36. The fraction of sp³-hybridized carbons (Fsp3) is 0.154. The number of Topliss-reactive ketones (excluding diaryl/α,β-unsaturated/α-hetero) is 1. The highest BCUT2D eigenvalue weighted by Crippen LogP contribution is 2.21. The lowest BCUT2D eigenvalue weighted by Crippen LogP contribution is -1.99. The number of hydrogen-bond acceptors (Lipinski definition) is 2. The smallest absolute Gasteiger partial charge is 0.160 e. The fourth-order valence-electron chi connectivity index (χ4n) is 1.36. The first-order valence-electron chi connectivity index (χ1n) is 4.62. The highest BCUT2D eigenvalue weighted by molar-refractivity contribution is 5.98. The molecule has 0 aliphatic carbocycles. The van der Waals surface area contributed by atoms with Crippen molar-refractivity contribution in [2.75, 3.05) is 0 Å². The van der Waals surface area contributed by atoms with Gasteiger partial charge in [-0.3, -0.25) is 4.79 Å². The summed E-state index contributed by atoms with van der Waals surface area (Å²) in [6.45, 7) is 10.6. The van der Waals surface area contributed by atoms with Crippen molar-refractivity contribution < 1.29 is 9.90 Å². The Kier molecular flexibility index (Phi) is 3.10. The topological polar surface area (TPSA) is 37.3 Å². The zero-order valence-electron chi connectivity index (χ0n) is 9.00. The van der Waals surface area contributed by atoms with E-state index in [0.29, 0.717) is 11.1 Å². The molecule has 0 aliphatic rings. The van der Waals surface area contributed by atoms with Gasteiger partial charge in [-0.15, -0.1) is 0 Å². The number of hydrogen-bond donors (Lipinski definition) is 1. The number of ketones is 1. The van der Waals surface area contributed by atoms with Gasteiger partial charge in [0.25, 0.3) is 0 Å². The zero-order chi connectivity index (χ0) is 11.6. The summed E-state index contributed by atoms with van der Waals surface area (Å²) in [4.78, 5) is 11.3. The predicted octanol–water partition coefficient (Wildman–Crippen LogP) is 3.45. The zero-order valence-corrected chi connectivity index (χ0v) is 9.00. The van der Waals surface area contributed by atoms with E-state index in [4.69, 9.17) is 0 Å². The van der Waals surface area contributed by atoms with Crippen molar-refractivity contribution in [1.29, 1.82) is 0 Å². The van der Waals surface area contributed by atoms with Crippen LogP contribution in [0.3, 0.4) is 0 Å². The number of allylic oxidation sites excluding steroid dienone is 1. The minimum Gasteiger partial charge on any atom is -0.508 e. The molecule has 1 aromatic carbocycles. The first-order chi connectivity index (χ1) is 6.93. The summed E-state index contributed by atoms with van der Waals surface area (Å²) < 4.78 is 0. The van der Waals surface area contributed by atoms with Gasteiger partial charge in [-0.2, -0.15) is 0 Å². The van der Waals surface area contributed by atoms with Gasteiger partial charge in [0.1, 0.15) is 5.76 Å². The molecule has 0 spiro atoms. The van der Waals surface area contributed by atoms with Crippen molar-refractivity contribution in [3.63, 3.8) is 0 Å². The lowest BCUT2D eigenvalue weighted by Gasteiger charge is -2.08. The Bertz CT molecular complexity index is 442. The quantitative estimate of drug-likeness (QED) is 0.602. The van der Waals surface area contributed by atoms with E-state index in [2.05, 4.69) is 13.2 Å². The van der Waals surface area contributed by atoms with Crippen molar-refractivity contribution in [3.05, 3.63) is 48.0 Å². The summed E-state index contributed by atoms with van der Waals surface area (Å²) >= 11 is 0. The van der Waals surface area contributed by atoms with Crippen molar-refractivity contribution in [1.82, 2.24) is 0 Å². The Morgan fingerprint density at radius 1 is 1.20 bits per heavy atom. The predicted molar refractivity (Wildman–Crippen MR) is 62.8 cm³/mol. The van der Waals surface area contributed by atoms with E-state index >= 15 is 0 Å². The van der Waals surface area contributed by atoms with Crippen LogP contribution in [-0.2, 0) is 0 Å². The lowest BCUT2D eigenvalue weighted by molar-refractivity contribution is 0.101. The Hall–Kier alpha value is -1.83. The Balaban J connectivity index is 3.40. The molecule has 0 saturated heterocycles. The van der Waals surface area contributed by atoms with Crippen LogP contribution in [-0.4, -0.2) is 10.9 Å². The summed E-state index contributed by atoms with van der Waals surface area (Å²) in [5.74, 6) is -0.184. The highest BCUT2D eigenvalue weighted by Gasteiger charge is 2.10. The SMILES string of the molecule is C=C(C)c1ccc(C(C)=O)c(C(=C)O)c1. The van der Waals surface area contributed by atoms with E-state index < -0.39 is 0 Å². The molecule has 2 heteroatoms. The molecular weight excluding hydrogens is 188 g/mol. The molecule has 0 fully saturated rings. The molecule has 2 nitrogen and oxygen atoms in total. The van der Waals surface area contributed by atoms with Gasteiger partial charge in [-0.25, -0.2) is 0 Å². The molecule has 1 aromatic rings. The average molecular weight is 202 g/mol. The van der Waals surface area contributed by atoms with Crippen LogP contribution < -0.4 is 0 Å². The molecule has 0 aromatic heterocycles. The molecule has 0 heterocycles. The van der Waals surface area contributed by atoms with Gasteiger partial charge >= 0.3 is 0 Å². The van der Waals surface area contributed by atoms with Crippen LogP contribution in [0.1, 0.15) is 35.3 Å². The summed E-state index contributed by atoms with van der Waals surface area (Å²) in [6, 6.07) is 5.22. The summed E-state index contributed by atoms with van der Waals surface area (Å²) in [5, 5.41) is 9.38. The summed E-state index contributed by atoms with van der Waals surface area (Å²) in [6.07, 6.45) is 0. The molecule has 15 heavy (non-hydrogen) atoms. The molecule has 0 radical (unpaired) electrons. The van der Waals surface area contributed by atoms with Gasteiger partial charge < -0.3 is 5.11 Å².